The lowest BCUT2D eigenvalue weighted by Crippen LogP contribution is -2.46. The summed E-state index contributed by atoms with van der Waals surface area (Å²) < 4.78 is 49.9. The van der Waals surface area contributed by atoms with Crippen LogP contribution in [0.15, 0.2) is 29.2 Å². The predicted octanol–water partition coefficient (Wildman–Crippen LogP) is 0.972. The monoisotopic (exact) mass is 388 g/mol. The molecule has 0 unspecified atom stereocenters. The van der Waals surface area contributed by atoms with Crippen LogP contribution in [-0.4, -0.2) is 51.6 Å². The Hall–Kier alpha value is -1.45. The van der Waals surface area contributed by atoms with Gasteiger partial charge in [0.15, 0.2) is 19.7 Å². The highest BCUT2D eigenvalue weighted by atomic mass is 32.2. The minimum atomic E-state index is -3.81. The van der Waals surface area contributed by atoms with Gasteiger partial charge in [0.1, 0.15) is 0 Å². The lowest BCUT2D eigenvalue weighted by Gasteiger charge is -2.23. The fourth-order valence-electron chi connectivity index (χ4n) is 2.87. The van der Waals surface area contributed by atoms with Crippen LogP contribution in [0.4, 0.5) is 5.69 Å². The van der Waals surface area contributed by atoms with E-state index in [0.717, 1.165) is 6.42 Å². The van der Waals surface area contributed by atoms with Crippen molar-refractivity contribution in [2.75, 3.05) is 16.8 Å². The van der Waals surface area contributed by atoms with Gasteiger partial charge < -0.3 is 10.6 Å². The number of anilines is 1. The van der Waals surface area contributed by atoms with Gasteiger partial charge in [0.25, 0.3) is 0 Å². The fourth-order valence-corrected chi connectivity index (χ4v) is 7.54. The van der Waals surface area contributed by atoms with Crippen LogP contribution in [0.2, 0.25) is 0 Å². The van der Waals surface area contributed by atoms with Gasteiger partial charge in [-0.25, -0.2) is 16.8 Å². The second-order valence-corrected chi connectivity index (χ2v) is 10.8. The Bertz CT molecular complexity index is 832. The smallest absolute Gasteiger partial charge is 0.221 e. The number of carbonyl (C=O) groups is 1. The Morgan fingerprint density at radius 2 is 1.84 bits per heavy atom. The number of sulfone groups is 2. The number of nitrogens with one attached hydrogen (secondary N) is 2. The van der Waals surface area contributed by atoms with Crippen molar-refractivity contribution in [1.82, 2.24) is 5.32 Å². The van der Waals surface area contributed by atoms with E-state index < -0.39 is 31.0 Å². The summed E-state index contributed by atoms with van der Waals surface area (Å²) in [6, 6.07) is 5.18. The molecule has 1 saturated heterocycles. The molecule has 25 heavy (non-hydrogen) atoms. The molecule has 1 amide bonds. The maximum Gasteiger partial charge on any atom is 0.221 e. The molecule has 0 aromatic heterocycles. The van der Waals surface area contributed by atoms with Gasteiger partial charge >= 0.3 is 0 Å². The molecule has 1 fully saturated rings. The van der Waals surface area contributed by atoms with Gasteiger partial charge in [0, 0.05) is 24.7 Å². The van der Waals surface area contributed by atoms with Gasteiger partial charge in [-0.05, 0) is 37.6 Å². The van der Waals surface area contributed by atoms with Gasteiger partial charge in [0.05, 0.1) is 21.7 Å². The van der Waals surface area contributed by atoms with E-state index in [9.17, 15) is 21.6 Å². The van der Waals surface area contributed by atoms with E-state index in [1.165, 1.54) is 31.2 Å². The highest BCUT2D eigenvalue weighted by molar-refractivity contribution is 7.96. The topological polar surface area (TPSA) is 109 Å². The molecule has 2 rings (SSSR count). The van der Waals surface area contributed by atoms with Crippen LogP contribution in [0.1, 0.15) is 27.2 Å². The molecule has 140 valence electrons. The average molecular weight is 389 g/mol. The molecule has 0 saturated carbocycles. The molecule has 0 aliphatic carbocycles. The number of benzene rings is 1. The van der Waals surface area contributed by atoms with Crippen LogP contribution in [0, 0.1) is 0 Å². The van der Waals surface area contributed by atoms with E-state index in [1.54, 1.807) is 0 Å². The maximum atomic E-state index is 12.9. The standard InChI is InChI=1S/C16H24N2O5S2/c1-4-11(2)17-15-9-24(20,21)10-16(15)25(22,23)14-7-5-13(6-8-14)18-12(3)19/h5-8,11,15-17H,4,9-10H2,1-3H3,(H,18,19)/t11-,15+,16+/m1/s1. The van der Waals surface area contributed by atoms with Crippen molar-refractivity contribution in [3.05, 3.63) is 24.3 Å². The van der Waals surface area contributed by atoms with E-state index in [0.29, 0.717) is 5.69 Å². The molecule has 1 aromatic carbocycles. The molecule has 2 N–H and O–H groups in total. The first-order chi connectivity index (χ1) is 11.5. The van der Waals surface area contributed by atoms with Crippen LogP contribution in [0.3, 0.4) is 0 Å². The molecule has 1 aromatic rings. The third kappa shape index (κ3) is 4.80. The highest BCUT2D eigenvalue weighted by Gasteiger charge is 2.45. The molecular weight excluding hydrogens is 364 g/mol. The van der Waals surface area contributed by atoms with Crippen molar-refractivity contribution in [1.29, 1.82) is 0 Å². The Labute approximate surface area is 149 Å². The Kier molecular flexibility index (Phi) is 5.90. The lowest BCUT2D eigenvalue weighted by atomic mass is 10.2. The maximum absolute atomic E-state index is 12.9. The van der Waals surface area contributed by atoms with Crippen LogP contribution in [0.25, 0.3) is 0 Å². The normalized spacial score (nSPS) is 24.0. The minimum absolute atomic E-state index is 0.0261. The van der Waals surface area contributed by atoms with Gasteiger partial charge in [0.2, 0.25) is 5.91 Å². The van der Waals surface area contributed by atoms with Gasteiger partial charge in [-0.2, -0.15) is 0 Å². The summed E-state index contributed by atoms with van der Waals surface area (Å²) in [5.74, 6) is -0.808. The average Bonchev–Trinajstić information content (AvgIpc) is 2.82. The fraction of sp³-hybridized carbons (Fsp3) is 0.562. The summed E-state index contributed by atoms with van der Waals surface area (Å²) in [5, 5.41) is 4.68. The van der Waals surface area contributed by atoms with E-state index >= 15 is 0 Å². The molecule has 0 spiro atoms. The third-order valence-electron chi connectivity index (χ3n) is 4.31. The molecule has 3 atom stereocenters. The molecule has 1 aliphatic heterocycles. The zero-order valence-electron chi connectivity index (χ0n) is 14.5. The van der Waals surface area contributed by atoms with Crippen LogP contribution in [0.5, 0.6) is 0 Å². The summed E-state index contributed by atoms with van der Waals surface area (Å²) in [6.07, 6.45) is 0.773. The first kappa shape index (κ1) is 19.9. The molecule has 1 aliphatic rings. The first-order valence-electron chi connectivity index (χ1n) is 8.13. The van der Waals surface area contributed by atoms with Crippen molar-refractivity contribution in [2.45, 2.75) is 49.4 Å². The zero-order chi connectivity index (χ0) is 18.8. The molecule has 9 heteroatoms. The summed E-state index contributed by atoms with van der Waals surface area (Å²) >= 11 is 0. The summed E-state index contributed by atoms with van der Waals surface area (Å²) in [4.78, 5) is 11.1. The van der Waals surface area contributed by atoms with Crippen LogP contribution < -0.4 is 10.6 Å². The SMILES string of the molecule is CC[C@@H](C)N[C@H]1CS(=O)(=O)C[C@@H]1S(=O)(=O)c1ccc(NC(C)=O)cc1. The largest absolute Gasteiger partial charge is 0.326 e. The number of amides is 1. The third-order valence-corrected chi connectivity index (χ3v) is 8.48. The molecule has 1 heterocycles. The van der Waals surface area contributed by atoms with Gasteiger partial charge in [-0.3, -0.25) is 4.79 Å². The quantitative estimate of drug-likeness (QED) is 0.752. The van der Waals surface area contributed by atoms with Crippen LogP contribution >= 0.6 is 0 Å². The van der Waals surface area contributed by atoms with Crippen molar-refractivity contribution in [3.8, 4) is 0 Å². The molecule has 0 radical (unpaired) electrons. The Morgan fingerprint density at radius 3 is 2.36 bits per heavy atom. The molecule has 0 bridgehead atoms. The zero-order valence-corrected chi connectivity index (χ0v) is 16.2. The summed E-state index contributed by atoms with van der Waals surface area (Å²) in [6.45, 7) is 5.21. The van der Waals surface area contributed by atoms with Gasteiger partial charge in [-0.15, -0.1) is 0 Å². The van der Waals surface area contributed by atoms with Crippen LogP contribution in [-0.2, 0) is 24.5 Å². The van der Waals surface area contributed by atoms with Crippen molar-refractivity contribution in [3.63, 3.8) is 0 Å². The molecular formula is C16H24N2O5S2. The lowest BCUT2D eigenvalue weighted by molar-refractivity contribution is -0.114. The molecule has 7 nitrogen and oxygen atoms in total. The first-order valence-corrected chi connectivity index (χ1v) is 11.5. The number of carbonyl (C=O) groups excluding carboxylic acids is 1. The van der Waals surface area contributed by atoms with E-state index in [4.69, 9.17) is 0 Å². The second kappa shape index (κ2) is 7.43. The Morgan fingerprint density at radius 1 is 1.24 bits per heavy atom. The second-order valence-electron chi connectivity index (χ2n) is 6.45. The number of hydrogen-bond acceptors (Lipinski definition) is 6. The van der Waals surface area contributed by atoms with E-state index in [-0.39, 0.29) is 28.4 Å². The van der Waals surface area contributed by atoms with E-state index in [2.05, 4.69) is 10.6 Å². The summed E-state index contributed by atoms with van der Waals surface area (Å²) in [7, 11) is -7.22. The number of rotatable bonds is 6. The highest BCUT2D eigenvalue weighted by Crippen LogP contribution is 2.27. The Balaban J connectivity index is 2.31. The van der Waals surface area contributed by atoms with Crippen molar-refractivity contribution >= 4 is 31.3 Å². The van der Waals surface area contributed by atoms with Gasteiger partial charge in [-0.1, -0.05) is 6.92 Å². The van der Waals surface area contributed by atoms with Crippen molar-refractivity contribution in [2.24, 2.45) is 0 Å². The van der Waals surface area contributed by atoms with Crippen molar-refractivity contribution < 1.29 is 21.6 Å². The summed E-state index contributed by atoms with van der Waals surface area (Å²) in [5.41, 5.74) is 0.486. The number of hydrogen-bond donors (Lipinski definition) is 2. The minimum Gasteiger partial charge on any atom is -0.326 e. The predicted molar refractivity (Wildman–Crippen MR) is 97.1 cm³/mol. The van der Waals surface area contributed by atoms with E-state index in [1.807, 2.05) is 13.8 Å².